The first-order chi connectivity index (χ1) is 25.7. The molecular formula is C47H29N5. The number of hydrogen-bond donors (Lipinski definition) is 0. The maximum atomic E-state index is 5.19. The van der Waals surface area contributed by atoms with Crippen LogP contribution in [0.4, 0.5) is 0 Å². The van der Waals surface area contributed by atoms with Crippen LogP contribution in [0.25, 0.3) is 100 Å². The highest BCUT2D eigenvalue weighted by Gasteiger charge is 2.15. The highest BCUT2D eigenvalue weighted by Crippen LogP contribution is 2.36. The van der Waals surface area contributed by atoms with Crippen LogP contribution in [-0.2, 0) is 0 Å². The Balaban J connectivity index is 1.06. The van der Waals surface area contributed by atoms with Gasteiger partial charge >= 0.3 is 0 Å². The molecule has 242 valence electrons. The van der Waals surface area contributed by atoms with E-state index in [9.17, 15) is 0 Å². The van der Waals surface area contributed by atoms with Crippen molar-refractivity contribution < 1.29 is 0 Å². The van der Waals surface area contributed by atoms with Crippen LogP contribution in [0.5, 0.6) is 0 Å². The van der Waals surface area contributed by atoms with Gasteiger partial charge in [0.15, 0.2) is 17.5 Å². The molecule has 5 heteroatoms. The Kier molecular flexibility index (Phi) is 7.07. The molecule has 5 nitrogen and oxygen atoms in total. The van der Waals surface area contributed by atoms with Crippen molar-refractivity contribution >= 4 is 43.4 Å². The van der Waals surface area contributed by atoms with E-state index in [-0.39, 0.29) is 0 Å². The van der Waals surface area contributed by atoms with Crippen LogP contribution in [0.15, 0.2) is 176 Å². The predicted octanol–water partition coefficient (Wildman–Crippen LogP) is 11.6. The SMILES string of the molecule is c1ccc(-c2nc(-c3ccccc3)nc(-c3ccc4ccc(-c5ccc6ccc(-c7cccc8ccc9ccccc9c78)cc6n5)cc4n3)n2)cc1. The molecule has 0 aliphatic carbocycles. The van der Waals surface area contributed by atoms with E-state index in [1.807, 2.05) is 66.7 Å². The van der Waals surface area contributed by atoms with Gasteiger partial charge in [0.2, 0.25) is 0 Å². The largest absolute Gasteiger partial charge is 0.248 e. The summed E-state index contributed by atoms with van der Waals surface area (Å²) < 4.78 is 0. The van der Waals surface area contributed by atoms with E-state index in [4.69, 9.17) is 24.9 Å². The first-order valence-corrected chi connectivity index (χ1v) is 17.3. The molecule has 0 atom stereocenters. The molecule has 3 aromatic heterocycles. The van der Waals surface area contributed by atoms with Crippen LogP contribution in [0.2, 0.25) is 0 Å². The third kappa shape index (κ3) is 5.32. The molecule has 0 N–H and O–H groups in total. The number of aromatic nitrogens is 5. The molecular weight excluding hydrogens is 635 g/mol. The summed E-state index contributed by atoms with van der Waals surface area (Å²) in [7, 11) is 0. The van der Waals surface area contributed by atoms with E-state index in [1.54, 1.807) is 0 Å². The van der Waals surface area contributed by atoms with E-state index in [0.717, 1.165) is 49.8 Å². The third-order valence-corrected chi connectivity index (χ3v) is 9.69. The van der Waals surface area contributed by atoms with Crippen LogP contribution >= 0.6 is 0 Å². The Hall–Kier alpha value is -7.11. The number of fused-ring (bicyclic) bond motifs is 5. The minimum atomic E-state index is 0.526. The standard InChI is InChI=1S/C47H29N5/c1-3-11-34(12-4-1)45-50-46(35-13-5-2-6-14-35)52-47(51-45)41-27-25-32-20-23-37(29-43(32)49-41)40-26-24-31-19-22-36(28-42(31)48-40)39-17-9-15-33-21-18-30-10-7-8-16-38(30)44(33)39/h1-29H. The fraction of sp³-hybridized carbons (Fsp3) is 0. The van der Waals surface area contributed by atoms with E-state index in [0.29, 0.717) is 23.2 Å². The fourth-order valence-electron chi connectivity index (χ4n) is 7.07. The van der Waals surface area contributed by atoms with Crippen molar-refractivity contribution in [3.05, 3.63) is 176 Å². The molecule has 7 aromatic carbocycles. The van der Waals surface area contributed by atoms with Crippen molar-refractivity contribution in [2.24, 2.45) is 0 Å². The van der Waals surface area contributed by atoms with Crippen molar-refractivity contribution in [1.82, 2.24) is 24.9 Å². The molecule has 0 saturated carbocycles. The number of nitrogens with zero attached hydrogens (tertiary/aromatic N) is 5. The average molecular weight is 664 g/mol. The van der Waals surface area contributed by atoms with E-state index >= 15 is 0 Å². The molecule has 0 spiro atoms. The summed E-state index contributed by atoms with van der Waals surface area (Å²) in [5.41, 5.74) is 8.54. The summed E-state index contributed by atoms with van der Waals surface area (Å²) in [6.07, 6.45) is 0. The Morgan fingerprint density at radius 3 is 1.54 bits per heavy atom. The van der Waals surface area contributed by atoms with Gasteiger partial charge in [-0.1, -0.05) is 152 Å². The molecule has 0 aliphatic heterocycles. The molecule has 10 rings (SSSR count). The smallest absolute Gasteiger partial charge is 0.182 e. The van der Waals surface area contributed by atoms with E-state index in [1.165, 1.54) is 27.1 Å². The zero-order valence-electron chi connectivity index (χ0n) is 28.0. The molecule has 0 amide bonds. The highest BCUT2D eigenvalue weighted by atomic mass is 15.0. The lowest BCUT2D eigenvalue weighted by molar-refractivity contribution is 1.06. The van der Waals surface area contributed by atoms with Gasteiger partial charge in [-0.25, -0.2) is 24.9 Å². The second kappa shape index (κ2) is 12.3. The van der Waals surface area contributed by atoms with Crippen molar-refractivity contribution in [3.8, 4) is 56.7 Å². The Morgan fingerprint density at radius 1 is 0.288 bits per heavy atom. The maximum Gasteiger partial charge on any atom is 0.182 e. The first-order valence-electron chi connectivity index (χ1n) is 17.3. The van der Waals surface area contributed by atoms with Gasteiger partial charge in [-0.15, -0.1) is 0 Å². The normalized spacial score (nSPS) is 11.5. The van der Waals surface area contributed by atoms with E-state index < -0.39 is 0 Å². The van der Waals surface area contributed by atoms with E-state index in [2.05, 4.69) is 109 Å². The summed E-state index contributed by atoms with van der Waals surface area (Å²) in [6.45, 7) is 0. The van der Waals surface area contributed by atoms with Crippen LogP contribution in [-0.4, -0.2) is 24.9 Å². The van der Waals surface area contributed by atoms with Crippen molar-refractivity contribution in [2.75, 3.05) is 0 Å². The molecule has 52 heavy (non-hydrogen) atoms. The molecule has 0 fully saturated rings. The second-order valence-electron chi connectivity index (χ2n) is 12.9. The van der Waals surface area contributed by atoms with Gasteiger partial charge in [-0.05, 0) is 56.9 Å². The zero-order chi connectivity index (χ0) is 34.4. The van der Waals surface area contributed by atoms with Crippen LogP contribution in [0, 0.1) is 0 Å². The molecule has 0 bridgehead atoms. The predicted molar refractivity (Wildman–Crippen MR) is 213 cm³/mol. The summed E-state index contributed by atoms with van der Waals surface area (Å²) in [4.78, 5) is 24.9. The minimum absolute atomic E-state index is 0.526. The lowest BCUT2D eigenvalue weighted by Gasteiger charge is -2.12. The Labute approximate surface area is 300 Å². The third-order valence-electron chi connectivity index (χ3n) is 9.69. The molecule has 0 radical (unpaired) electrons. The topological polar surface area (TPSA) is 64.5 Å². The van der Waals surface area contributed by atoms with Gasteiger partial charge < -0.3 is 0 Å². The van der Waals surface area contributed by atoms with Crippen LogP contribution in [0.3, 0.4) is 0 Å². The Bertz CT molecular complexity index is 2900. The van der Waals surface area contributed by atoms with Crippen LogP contribution < -0.4 is 0 Å². The summed E-state index contributed by atoms with van der Waals surface area (Å²) in [6, 6.07) is 60.7. The number of pyridine rings is 2. The Morgan fingerprint density at radius 2 is 0.808 bits per heavy atom. The zero-order valence-corrected chi connectivity index (χ0v) is 28.0. The van der Waals surface area contributed by atoms with Gasteiger partial charge in [0.25, 0.3) is 0 Å². The monoisotopic (exact) mass is 663 g/mol. The molecule has 0 unspecified atom stereocenters. The second-order valence-corrected chi connectivity index (χ2v) is 12.9. The van der Waals surface area contributed by atoms with Crippen molar-refractivity contribution in [3.63, 3.8) is 0 Å². The minimum Gasteiger partial charge on any atom is -0.248 e. The number of hydrogen-bond acceptors (Lipinski definition) is 5. The first kappa shape index (κ1) is 29.8. The van der Waals surface area contributed by atoms with Gasteiger partial charge in [-0.3, -0.25) is 0 Å². The molecule has 0 aliphatic rings. The molecule has 3 heterocycles. The van der Waals surface area contributed by atoms with Gasteiger partial charge in [0, 0.05) is 27.5 Å². The van der Waals surface area contributed by atoms with Gasteiger partial charge in [0.05, 0.1) is 16.7 Å². The average Bonchev–Trinajstić information content (AvgIpc) is 3.23. The fourth-order valence-corrected chi connectivity index (χ4v) is 7.07. The lowest BCUT2D eigenvalue weighted by Crippen LogP contribution is -2.01. The van der Waals surface area contributed by atoms with Crippen molar-refractivity contribution in [1.29, 1.82) is 0 Å². The summed E-state index contributed by atoms with van der Waals surface area (Å²) >= 11 is 0. The maximum absolute atomic E-state index is 5.19. The van der Waals surface area contributed by atoms with Crippen LogP contribution in [0.1, 0.15) is 0 Å². The van der Waals surface area contributed by atoms with Crippen molar-refractivity contribution in [2.45, 2.75) is 0 Å². The van der Waals surface area contributed by atoms with Gasteiger partial charge in [0.1, 0.15) is 5.69 Å². The summed E-state index contributed by atoms with van der Waals surface area (Å²) in [5, 5.41) is 7.10. The lowest BCUT2D eigenvalue weighted by atomic mass is 9.93. The van der Waals surface area contributed by atoms with Gasteiger partial charge in [-0.2, -0.15) is 0 Å². The number of benzene rings is 7. The molecule has 10 aromatic rings. The molecule has 0 saturated heterocycles. The quantitative estimate of drug-likeness (QED) is 0.171. The summed E-state index contributed by atoms with van der Waals surface area (Å²) in [5.74, 6) is 1.74. The number of rotatable bonds is 5. The highest BCUT2D eigenvalue weighted by molar-refractivity contribution is 6.14.